The zero-order valence-corrected chi connectivity index (χ0v) is 29.3. The van der Waals surface area contributed by atoms with E-state index in [2.05, 4.69) is 13.5 Å². The third-order valence-corrected chi connectivity index (χ3v) is 8.77. The van der Waals surface area contributed by atoms with Crippen LogP contribution < -0.4 is 0 Å². The molecule has 0 saturated carbocycles. The molecule has 0 rings (SSSR count). The third kappa shape index (κ3) is 19.5. The Hall–Kier alpha value is -0.620. The Morgan fingerprint density at radius 2 is 0.651 bits per heavy atom. The van der Waals surface area contributed by atoms with Crippen molar-refractivity contribution < 1.29 is 42.6 Å². The molecule has 258 valence electrons. The summed E-state index contributed by atoms with van der Waals surface area (Å²) in [6, 6.07) is 0. The van der Waals surface area contributed by atoms with Gasteiger partial charge in [-0.3, -0.25) is 0 Å². The molecule has 0 aliphatic rings. The first-order valence-corrected chi connectivity index (χ1v) is 16.2. The first-order chi connectivity index (χ1) is 20.8. The molecule has 0 bridgehead atoms. The average Bonchev–Trinajstić information content (AvgIpc) is 3.03. The van der Waals surface area contributed by atoms with Crippen molar-refractivity contribution in [3.63, 3.8) is 0 Å². The van der Waals surface area contributed by atoms with Crippen molar-refractivity contribution in [1.29, 1.82) is 0 Å². The van der Waals surface area contributed by atoms with Crippen LogP contribution in [0.15, 0.2) is 12.7 Å². The van der Waals surface area contributed by atoms with Crippen LogP contribution in [-0.2, 0) is 42.6 Å². The van der Waals surface area contributed by atoms with Crippen molar-refractivity contribution in [3.8, 4) is 0 Å². The summed E-state index contributed by atoms with van der Waals surface area (Å²) >= 11 is 0. The molecule has 0 N–H and O–H groups in total. The molecule has 0 saturated heterocycles. The van der Waals surface area contributed by atoms with Crippen LogP contribution >= 0.6 is 0 Å². The third-order valence-electron chi connectivity index (χ3n) is 8.77. The van der Waals surface area contributed by atoms with Crippen LogP contribution in [-0.4, -0.2) is 119 Å². The molecule has 0 aromatic carbocycles. The molecule has 0 heterocycles. The zero-order valence-electron chi connectivity index (χ0n) is 29.3. The second-order valence-corrected chi connectivity index (χ2v) is 11.6. The topological polar surface area (TPSA) is 83.1 Å². The Balaban J connectivity index is 5.13. The van der Waals surface area contributed by atoms with Gasteiger partial charge in [-0.1, -0.05) is 32.3 Å². The molecule has 9 nitrogen and oxygen atoms in total. The van der Waals surface area contributed by atoms with E-state index in [1.165, 1.54) is 19.3 Å². The Morgan fingerprint density at radius 1 is 0.395 bits per heavy atom. The maximum Gasteiger partial charge on any atom is 0.0630 e. The summed E-state index contributed by atoms with van der Waals surface area (Å²) < 4.78 is 52.5. The minimum absolute atomic E-state index is 0.000332. The molecule has 0 aromatic rings. The van der Waals surface area contributed by atoms with Gasteiger partial charge >= 0.3 is 0 Å². The van der Waals surface area contributed by atoms with Gasteiger partial charge in [-0.05, 0) is 57.8 Å². The first-order valence-electron chi connectivity index (χ1n) is 16.2. The molecule has 9 unspecified atom stereocenters. The monoisotopic (exact) mass is 620 g/mol. The van der Waals surface area contributed by atoms with Gasteiger partial charge < -0.3 is 42.6 Å². The van der Waals surface area contributed by atoms with Crippen LogP contribution in [0.25, 0.3) is 0 Å². The highest BCUT2D eigenvalue weighted by Gasteiger charge is 2.28. The van der Waals surface area contributed by atoms with Crippen LogP contribution in [0.4, 0.5) is 0 Å². The molecule has 0 fully saturated rings. The molecule has 9 atom stereocenters. The van der Waals surface area contributed by atoms with E-state index in [1.54, 1.807) is 64.0 Å². The van der Waals surface area contributed by atoms with Crippen LogP contribution in [0.2, 0.25) is 0 Å². The van der Waals surface area contributed by atoms with Crippen LogP contribution in [0.3, 0.4) is 0 Å². The SMILES string of the molecule is C=CCC(CC(CC(CC(CC(CC(CC(CC(CC(CCCCC)OC)OC)OC)OC)OC)OC)OC)OC)OC. The average molecular weight is 621 g/mol. The van der Waals surface area contributed by atoms with E-state index in [1.807, 2.05) is 6.08 Å². The number of rotatable bonds is 31. The lowest BCUT2D eigenvalue weighted by molar-refractivity contribution is -0.0585. The van der Waals surface area contributed by atoms with Crippen LogP contribution in [0, 0.1) is 0 Å². The van der Waals surface area contributed by atoms with E-state index >= 15 is 0 Å². The summed E-state index contributed by atoms with van der Waals surface area (Å²) in [6.07, 6.45) is 13.7. The maximum absolute atomic E-state index is 5.92. The van der Waals surface area contributed by atoms with E-state index in [4.69, 9.17) is 42.6 Å². The van der Waals surface area contributed by atoms with Crippen molar-refractivity contribution in [2.75, 3.05) is 64.0 Å². The largest absolute Gasteiger partial charge is 0.381 e. The molecule has 0 spiro atoms. The van der Waals surface area contributed by atoms with E-state index in [0.29, 0.717) is 0 Å². The van der Waals surface area contributed by atoms with Gasteiger partial charge in [0.15, 0.2) is 0 Å². The molecular weight excluding hydrogens is 552 g/mol. The van der Waals surface area contributed by atoms with E-state index < -0.39 is 0 Å². The Labute approximate surface area is 264 Å². The van der Waals surface area contributed by atoms with Crippen molar-refractivity contribution in [2.24, 2.45) is 0 Å². The number of unbranched alkanes of at least 4 members (excludes halogenated alkanes) is 2. The fraction of sp³-hybridized carbons (Fsp3) is 0.941. The van der Waals surface area contributed by atoms with Crippen LogP contribution in [0.1, 0.15) is 90.4 Å². The Bertz CT molecular complexity index is 623. The summed E-state index contributed by atoms with van der Waals surface area (Å²) in [5, 5.41) is 0. The Kier molecular flexibility index (Phi) is 27.3. The molecule has 0 aromatic heterocycles. The van der Waals surface area contributed by atoms with Gasteiger partial charge in [0.25, 0.3) is 0 Å². The molecule has 0 aliphatic heterocycles. The minimum Gasteiger partial charge on any atom is -0.381 e. The van der Waals surface area contributed by atoms with E-state index in [-0.39, 0.29) is 54.9 Å². The molecule has 0 radical (unpaired) electrons. The number of hydrogen-bond donors (Lipinski definition) is 0. The van der Waals surface area contributed by atoms with Gasteiger partial charge in [-0.25, -0.2) is 0 Å². The minimum atomic E-state index is -0.0387. The highest BCUT2D eigenvalue weighted by Crippen LogP contribution is 2.25. The summed E-state index contributed by atoms with van der Waals surface area (Å²) in [5.74, 6) is 0. The molecule has 0 amide bonds. The van der Waals surface area contributed by atoms with Gasteiger partial charge in [0.05, 0.1) is 54.9 Å². The predicted octanol–water partition coefficient (Wildman–Crippen LogP) is 6.40. The smallest absolute Gasteiger partial charge is 0.0630 e. The molecule has 43 heavy (non-hydrogen) atoms. The van der Waals surface area contributed by atoms with Gasteiger partial charge in [0, 0.05) is 70.4 Å². The normalized spacial score (nSPS) is 18.4. The van der Waals surface area contributed by atoms with E-state index in [9.17, 15) is 0 Å². The summed E-state index contributed by atoms with van der Waals surface area (Å²) in [5.41, 5.74) is 0. The van der Waals surface area contributed by atoms with Crippen molar-refractivity contribution in [3.05, 3.63) is 12.7 Å². The summed E-state index contributed by atoms with van der Waals surface area (Å²) in [4.78, 5) is 0. The summed E-state index contributed by atoms with van der Waals surface area (Å²) in [6.45, 7) is 6.05. The van der Waals surface area contributed by atoms with Gasteiger partial charge in [0.2, 0.25) is 0 Å². The van der Waals surface area contributed by atoms with Crippen LogP contribution in [0.5, 0.6) is 0 Å². The number of hydrogen-bond acceptors (Lipinski definition) is 9. The van der Waals surface area contributed by atoms with E-state index in [0.717, 1.165) is 64.2 Å². The molecular formula is C34H68O9. The highest BCUT2D eigenvalue weighted by molar-refractivity contribution is 4.81. The summed E-state index contributed by atoms with van der Waals surface area (Å²) in [7, 11) is 15.8. The predicted molar refractivity (Wildman–Crippen MR) is 173 cm³/mol. The fourth-order valence-electron chi connectivity index (χ4n) is 5.79. The standard InChI is InChI=1S/C34H68O9/c1-12-14-15-17-27(36-4)19-29(38-6)21-31(40-8)23-33(42-10)25-34(43-11)24-32(41-9)22-30(39-7)20-28(37-5)18-26(35-3)16-13-2/h13,26-34H,2,12,14-25H2,1,3-11H3. The van der Waals surface area contributed by atoms with Crippen molar-refractivity contribution in [1.82, 2.24) is 0 Å². The fourth-order valence-corrected chi connectivity index (χ4v) is 5.79. The molecule has 9 heteroatoms. The number of methoxy groups -OCH3 is 9. The van der Waals surface area contributed by atoms with Gasteiger partial charge in [-0.15, -0.1) is 6.58 Å². The lowest BCUT2D eigenvalue weighted by Crippen LogP contribution is -2.34. The van der Waals surface area contributed by atoms with Gasteiger partial charge in [0.1, 0.15) is 0 Å². The highest BCUT2D eigenvalue weighted by atomic mass is 16.5. The second kappa shape index (κ2) is 27.7. The number of ether oxygens (including phenoxy) is 9. The quantitative estimate of drug-likeness (QED) is 0.0646. The molecule has 0 aliphatic carbocycles. The Morgan fingerprint density at radius 3 is 0.884 bits per heavy atom. The van der Waals surface area contributed by atoms with Crippen molar-refractivity contribution in [2.45, 2.75) is 145 Å². The lowest BCUT2D eigenvalue weighted by atomic mass is 9.94. The first kappa shape index (κ1) is 42.4. The zero-order chi connectivity index (χ0) is 32.5. The lowest BCUT2D eigenvalue weighted by Gasteiger charge is -2.30. The second-order valence-electron chi connectivity index (χ2n) is 11.6. The van der Waals surface area contributed by atoms with Crippen molar-refractivity contribution >= 4 is 0 Å². The van der Waals surface area contributed by atoms with Gasteiger partial charge in [-0.2, -0.15) is 0 Å². The maximum atomic E-state index is 5.92.